The monoisotopic (exact) mass is 229 g/mol. The van der Waals surface area contributed by atoms with Crippen molar-refractivity contribution in [3.8, 4) is 0 Å². The van der Waals surface area contributed by atoms with Crippen LogP contribution < -0.4 is 0 Å². The lowest BCUT2D eigenvalue weighted by molar-refractivity contribution is -0.929. The molecule has 0 spiro atoms. The van der Waals surface area contributed by atoms with Crippen LogP contribution in [-0.2, 0) is 0 Å². The third-order valence-corrected chi connectivity index (χ3v) is 3.11. The molecule has 15 heavy (non-hydrogen) atoms. The molecule has 1 rings (SSSR count). The molecule has 0 aromatic carbocycles. The van der Waals surface area contributed by atoms with E-state index in [-0.39, 0.29) is 0 Å². The van der Waals surface area contributed by atoms with Gasteiger partial charge in [0.15, 0.2) is 0 Å². The highest BCUT2D eigenvalue weighted by atomic mass is 19.5. The Bertz CT molecular complexity index is 154. The van der Waals surface area contributed by atoms with Crippen molar-refractivity contribution >= 4 is 7.25 Å². The first-order chi connectivity index (χ1) is 6.83. The van der Waals surface area contributed by atoms with Crippen LogP contribution in [-0.4, -0.2) is 37.9 Å². The standard InChI is InChI=1S/C9H20N.BF4/c1-3-10(4-2)8-6-5-7-9-10;2-1(3,4)5/h3-9H2,1-2H3;/q+1;-1. The van der Waals surface area contributed by atoms with Gasteiger partial charge in [-0.25, -0.2) is 0 Å². The number of likely N-dealkylation sites (tertiary alicyclic amines) is 1. The minimum Gasteiger partial charge on any atom is -0.418 e. The molecule has 1 aliphatic heterocycles. The number of hydrogen-bond acceptors (Lipinski definition) is 0. The quantitative estimate of drug-likeness (QED) is 0.387. The number of nitrogens with zero attached hydrogens (tertiary/aromatic N) is 1. The van der Waals surface area contributed by atoms with Crippen molar-refractivity contribution in [3.05, 3.63) is 0 Å². The van der Waals surface area contributed by atoms with Gasteiger partial charge in [0.25, 0.3) is 0 Å². The Labute approximate surface area is 89.1 Å². The molecule has 1 saturated heterocycles. The van der Waals surface area contributed by atoms with E-state index in [4.69, 9.17) is 0 Å². The molecule has 0 radical (unpaired) electrons. The molecule has 1 fully saturated rings. The number of hydrogen-bond donors (Lipinski definition) is 0. The summed E-state index contributed by atoms with van der Waals surface area (Å²) in [5, 5.41) is 0. The topological polar surface area (TPSA) is 0 Å². The summed E-state index contributed by atoms with van der Waals surface area (Å²) < 4.78 is 40.4. The van der Waals surface area contributed by atoms with E-state index in [0.717, 1.165) is 0 Å². The highest BCUT2D eigenvalue weighted by Gasteiger charge is 2.25. The van der Waals surface area contributed by atoms with Crippen LogP contribution in [0.4, 0.5) is 17.3 Å². The smallest absolute Gasteiger partial charge is 0.418 e. The first-order valence-electron chi connectivity index (χ1n) is 5.55. The molecule has 0 bridgehead atoms. The Morgan fingerprint density at radius 3 is 1.40 bits per heavy atom. The minimum atomic E-state index is -6.00. The zero-order chi connectivity index (χ0) is 11.9. The van der Waals surface area contributed by atoms with Gasteiger partial charge >= 0.3 is 7.25 Å². The predicted molar refractivity (Wildman–Crippen MR) is 55.1 cm³/mol. The van der Waals surface area contributed by atoms with Crippen LogP contribution in [0.15, 0.2) is 0 Å². The molecular weight excluding hydrogens is 209 g/mol. The fourth-order valence-corrected chi connectivity index (χ4v) is 2.04. The third-order valence-electron chi connectivity index (χ3n) is 3.11. The number of rotatable bonds is 2. The van der Waals surface area contributed by atoms with Crippen LogP contribution in [0.2, 0.25) is 0 Å². The average molecular weight is 229 g/mol. The summed E-state index contributed by atoms with van der Waals surface area (Å²) in [6, 6.07) is 0. The molecule has 0 N–H and O–H groups in total. The maximum absolute atomic E-state index is 9.75. The number of piperidine rings is 1. The minimum absolute atomic E-state index is 1.34. The molecule has 0 aliphatic carbocycles. The van der Waals surface area contributed by atoms with E-state index in [1.807, 2.05) is 0 Å². The molecule has 0 aromatic rings. The molecule has 1 nitrogen and oxygen atoms in total. The Morgan fingerprint density at radius 1 is 0.867 bits per heavy atom. The molecular formula is C9H20BF4N. The lowest BCUT2D eigenvalue weighted by Gasteiger charge is -2.39. The molecule has 0 saturated carbocycles. The van der Waals surface area contributed by atoms with Crippen molar-refractivity contribution in [2.75, 3.05) is 26.2 Å². The van der Waals surface area contributed by atoms with E-state index < -0.39 is 7.25 Å². The first-order valence-corrected chi connectivity index (χ1v) is 5.55. The Hall–Kier alpha value is -0.255. The highest BCUT2D eigenvalue weighted by molar-refractivity contribution is 6.50. The first kappa shape index (κ1) is 14.7. The predicted octanol–water partition coefficient (Wildman–Crippen LogP) is 3.33. The molecule has 1 heterocycles. The lowest BCUT2D eigenvalue weighted by atomic mass is 10.1. The van der Waals surface area contributed by atoms with Gasteiger partial charge in [-0.15, -0.1) is 0 Å². The van der Waals surface area contributed by atoms with Gasteiger partial charge in [0.2, 0.25) is 0 Å². The third kappa shape index (κ3) is 7.65. The van der Waals surface area contributed by atoms with E-state index in [0.29, 0.717) is 0 Å². The summed E-state index contributed by atoms with van der Waals surface area (Å²) in [6.07, 6.45) is 4.39. The van der Waals surface area contributed by atoms with Crippen molar-refractivity contribution in [2.24, 2.45) is 0 Å². The Kier molecular flexibility index (Phi) is 6.25. The molecule has 0 unspecified atom stereocenters. The van der Waals surface area contributed by atoms with Gasteiger partial charge in [-0.2, -0.15) is 0 Å². The maximum atomic E-state index is 9.75. The van der Waals surface area contributed by atoms with Crippen LogP contribution in [0, 0.1) is 0 Å². The zero-order valence-corrected chi connectivity index (χ0v) is 9.49. The van der Waals surface area contributed by atoms with Crippen molar-refractivity contribution in [2.45, 2.75) is 33.1 Å². The summed E-state index contributed by atoms with van der Waals surface area (Å²) in [4.78, 5) is 0. The van der Waals surface area contributed by atoms with Crippen LogP contribution in [0.1, 0.15) is 33.1 Å². The van der Waals surface area contributed by atoms with Crippen LogP contribution in [0.3, 0.4) is 0 Å². The highest BCUT2D eigenvalue weighted by Crippen LogP contribution is 2.17. The zero-order valence-electron chi connectivity index (χ0n) is 9.49. The van der Waals surface area contributed by atoms with Gasteiger partial charge in [-0.05, 0) is 33.1 Å². The molecule has 1 aliphatic rings. The molecule has 0 aromatic heterocycles. The second kappa shape index (κ2) is 6.35. The van der Waals surface area contributed by atoms with Crippen molar-refractivity contribution < 1.29 is 21.7 Å². The molecule has 0 atom stereocenters. The van der Waals surface area contributed by atoms with E-state index in [1.165, 1.54) is 49.9 Å². The number of quaternary nitrogens is 1. The maximum Gasteiger partial charge on any atom is 0.673 e. The van der Waals surface area contributed by atoms with Crippen LogP contribution in [0.25, 0.3) is 0 Å². The van der Waals surface area contributed by atoms with Crippen LogP contribution >= 0.6 is 0 Å². The van der Waals surface area contributed by atoms with Gasteiger partial charge in [0.05, 0.1) is 26.2 Å². The fourth-order valence-electron chi connectivity index (χ4n) is 2.04. The summed E-state index contributed by atoms with van der Waals surface area (Å²) >= 11 is 0. The second-order valence-corrected chi connectivity index (χ2v) is 3.98. The van der Waals surface area contributed by atoms with Crippen molar-refractivity contribution in [3.63, 3.8) is 0 Å². The molecule has 6 heteroatoms. The van der Waals surface area contributed by atoms with E-state index >= 15 is 0 Å². The van der Waals surface area contributed by atoms with Gasteiger partial charge in [-0.1, -0.05) is 0 Å². The van der Waals surface area contributed by atoms with Crippen molar-refractivity contribution in [1.29, 1.82) is 0 Å². The van der Waals surface area contributed by atoms with Gasteiger partial charge in [0, 0.05) is 0 Å². The Morgan fingerprint density at radius 2 is 1.20 bits per heavy atom. The fraction of sp³-hybridized carbons (Fsp3) is 1.00. The summed E-state index contributed by atoms with van der Waals surface area (Å²) in [7, 11) is -6.00. The Balaban J connectivity index is 0.000000336. The molecule has 92 valence electrons. The average Bonchev–Trinajstić information content (AvgIpc) is 2.16. The van der Waals surface area contributed by atoms with Crippen LogP contribution in [0.5, 0.6) is 0 Å². The SMILES string of the molecule is CC[N+]1(CC)CCCCC1.F[B-](F)(F)F. The largest absolute Gasteiger partial charge is 0.673 e. The van der Waals surface area contributed by atoms with Gasteiger partial charge in [0.1, 0.15) is 0 Å². The normalized spacial score (nSPS) is 20.4. The summed E-state index contributed by atoms with van der Waals surface area (Å²) in [5.41, 5.74) is 0. The number of halogens is 4. The summed E-state index contributed by atoms with van der Waals surface area (Å²) in [5.74, 6) is 0. The summed E-state index contributed by atoms with van der Waals surface area (Å²) in [6.45, 7) is 10.2. The van der Waals surface area contributed by atoms with Gasteiger partial charge < -0.3 is 21.7 Å². The van der Waals surface area contributed by atoms with E-state index in [2.05, 4.69) is 13.8 Å². The van der Waals surface area contributed by atoms with E-state index in [1.54, 1.807) is 0 Å². The van der Waals surface area contributed by atoms with Crippen molar-refractivity contribution in [1.82, 2.24) is 0 Å². The molecule has 0 amide bonds. The van der Waals surface area contributed by atoms with E-state index in [9.17, 15) is 17.3 Å². The van der Waals surface area contributed by atoms with Gasteiger partial charge in [-0.3, -0.25) is 0 Å². The lowest BCUT2D eigenvalue weighted by Crippen LogP contribution is -2.50. The second-order valence-electron chi connectivity index (χ2n) is 3.98.